The van der Waals surface area contributed by atoms with Crippen molar-refractivity contribution in [2.75, 3.05) is 5.32 Å². The average Bonchev–Trinajstić information content (AvgIpc) is 2.73. The summed E-state index contributed by atoms with van der Waals surface area (Å²) >= 11 is 24.7. The Labute approximate surface area is 199 Å². The summed E-state index contributed by atoms with van der Waals surface area (Å²) in [6.45, 7) is 0.132. The van der Waals surface area contributed by atoms with E-state index in [1.807, 2.05) is 12.1 Å². The fraction of sp³-hybridized carbons (Fsp3) is 0.0435. The number of ether oxygens (including phenoxy) is 1. The van der Waals surface area contributed by atoms with Crippen molar-refractivity contribution < 1.29 is 9.53 Å². The van der Waals surface area contributed by atoms with Crippen molar-refractivity contribution in [2.45, 2.75) is 6.61 Å². The second-order valence-corrected chi connectivity index (χ2v) is 7.99. The first-order chi connectivity index (χ1) is 14.9. The number of hydrogen-bond donors (Lipinski definition) is 1. The monoisotopic (exact) mass is 490 g/mol. The standard InChI is InChI=1S/C23H14Cl4N2O2/c24-17-7-6-15(19(25)11-17)13-31-22-20(26)9-14(10-21(22)27)8-16(12-28)23(30)29-18-4-2-1-3-5-18/h1-11H,13H2,(H,29,30)/b16-8-. The molecule has 0 saturated heterocycles. The molecule has 0 saturated carbocycles. The van der Waals surface area contributed by atoms with Crippen molar-refractivity contribution in [2.24, 2.45) is 0 Å². The smallest absolute Gasteiger partial charge is 0.266 e. The van der Waals surface area contributed by atoms with Gasteiger partial charge in [0.05, 0.1) is 10.0 Å². The maximum absolute atomic E-state index is 12.4. The van der Waals surface area contributed by atoms with Gasteiger partial charge in [-0.15, -0.1) is 0 Å². The van der Waals surface area contributed by atoms with Crippen molar-refractivity contribution in [1.29, 1.82) is 5.26 Å². The lowest BCUT2D eigenvalue weighted by atomic mass is 10.1. The van der Waals surface area contributed by atoms with Gasteiger partial charge in [-0.1, -0.05) is 70.7 Å². The minimum Gasteiger partial charge on any atom is -0.486 e. The van der Waals surface area contributed by atoms with Gasteiger partial charge in [-0.25, -0.2) is 0 Å². The third-order valence-corrected chi connectivity index (χ3v) is 5.26. The number of hydrogen-bond acceptors (Lipinski definition) is 3. The first kappa shape index (κ1) is 23.0. The number of para-hydroxylation sites is 1. The molecule has 0 heterocycles. The van der Waals surface area contributed by atoms with Crippen molar-refractivity contribution in [3.63, 3.8) is 0 Å². The zero-order chi connectivity index (χ0) is 22.4. The number of anilines is 1. The average molecular weight is 492 g/mol. The lowest BCUT2D eigenvalue weighted by Gasteiger charge is -2.12. The third kappa shape index (κ3) is 6.16. The van der Waals surface area contributed by atoms with Crippen LogP contribution in [-0.2, 0) is 11.4 Å². The maximum Gasteiger partial charge on any atom is 0.266 e. The predicted molar refractivity (Wildman–Crippen MR) is 126 cm³/mol. The molecule has 8 heteroatoms. The number of amides is 1. The Morgan fingerprint density at radius 2 is 1.65 bits per heavy atom. The first-order valence-corrected chi connectivity index (χ1v) is 10.4. The molecule has 0 bridgehead atoms. The van der Waals surface area contributed by atoms with E-state index < -0.39 is 5.91 Å². The van der Waals surface area contributed by atoms with Crippen LogP contribution in [0.4, 0.5) is 5.69 Å². The van der Waals surface area contributed by atoms with E-state index in [1.54, 1.807) is 54.6 Å². The van der Waals surface area contributed by atoms with E-state index in [9.17, 15) is 10.1 Å². The Hall–Kier alpha value is -2.68. The number of nitriles is 1. The number of nitrogens with zero attached hydrogens (tertiary/aromatic N) is 1. The third-order valence-electron chi connectivity index (χ3n) is 4.12. The van der Waals surface area contributed by atoms with Gasteiger partial charge in [-0.3, -0.25) is 4.79 Å². The summed E-state index contributed by atoms with van der Waals surface area (Å²) in [4.78, 5) is 12.4. The second-order valence-electron chi connectivity index (χ2n) is 6.33. The molecule has 1 N–H and O–H groups in total. The summed E-state index contributed by atoms with van der Waals surface area (Å²) in [5, 5.41) is 13.5. The van der Waals surface area contributed by atoms with E-state index in [4.69, 9.17) is 51.1 Å². The van der Waals surface area contributed by atoms with E-state index in [1.165, 1.54) is 6.08 Å². The molecule has 0 aliphatic heterocycles. The van der Waals surface area contributed by atoms with Gasteiger partial charge < -0.3 is 10.1 Å². The van der Waals surface area contributed by atoms with Crippen LogP contribution in [0.25, 0.3) is 6.08 Å². The van der Waals surface area contributed by atoms with Crippen molar-refractivity contribution in [3.8, 4) is 11.8 Å². The molecule has 3 aromatic rings. The quantitative estimate of drug-likeness (QED) is 0.288. The molecule has 31 heavy (non-hydrogen) atoms. The molecule has 3 aromatic carbocycles. The number of carbonyl (C=O) groups excluding carboxylic acids is 1. The van der Waals surface area contributed by atoms with Crippen LogP contribution in [0.1, 0.15) is 11.1 Å². The summed E-state index contributed by atoms with van der Waals surface area (Å²) in [6.07, 6.45) is 1.40. The SMILES string of the molecule is N#C/C(=C/c1cc(Cl)c(OCc2ccc(Cl)cc2Cl)c(Cl)c1)C(=O)Nc1ccccc1. The molecule has 0 aliphatic rings. The number of halogens is 4. The minimum atomic E-state index is -0.543. The molecule has 0 spiro atoms. The molecular weight excluding hydrogens is 478 g/mol. The van der Waals surface area contributed by atoms with E-state index >= 15 is 0 Å². The summed E-state index contributed by atoms with van der Waals surface area (Å²) in [7, 11) is 0. The summed E-state index contributed by atoms with van der Waals surface area (Å²) in [5.41, 5.74) is 1.67. The van der Waals surface area contributed by atoms with Gasteiger partial charge in [-0.05, 0) is 48.0 Å². The highest BCUT2D eigenvalue weighted by Gasteiger charge is 2.14. The molecule has 0 radical (unpaired) electrons. The molecule has 0 aromatic heterocycles. The Bertz CT molecular complexity index is 1160. The van der Waals surface area contributed by atoms with Gasteiger partial charge in [-0.2, -0.15) is 5.26 Å². The topological polar surface area (TPSA) is 62.1 Å². The summed E-state index contributed by atoms with van der Waals surface area (Å²) in [6, 6.07) is 18.9. The van der Waals surface area contributed by atoms with Gasteiger partial charge in [0.1, 0.15) is 18.2 Å². The number of carbonyl (C=O) groups is 1. The number of rotatable bonds is 6. The predicted octanol–water partition coefficient (Wildman–Crippen LogP) is 7.42. The molecular formula is C23H14Cl4N2O2. The van der Waals surface area contributed by atoms with E-state index in [-0.39, 0.29) is 28.0 Å². The fourth-order valence-corrected chi connectivity index (χ4v) is 3.70. The Kier molecular flexibility index (Phi) is 7.84. The number of benzene rings is 3. The highest BCUT2D eigenvalue weighted by Crippen LogP contribution is 2.36. The number of nitrogens with one attached hydrogen (secondary N) is 1. The summed E-state index contributed by atoms with van der Waals surface area (Å²) in [5.74, 6) is -0.280. The van der Waals surface area contributed by atoms with Crippen molar-refractivity contribution >= 4 is 64.1 Å². The Balaban J connectivity index is 1.78. The van der Waals surface area contributed by atoms with Crippen LogP contribution in [0.3, 0.4) is 0 Å². The summed E-state index contributed by atoms with van der Waals surface area (Å²) < 4.78 is 5.73. The van der Waals surface area contributed by atoms with E-state index in [0.717, 1.165) is 0 Å². The van der Waals surface area contributed by atoms with Crippen LogP contribution < -0.4 is 10.1 Å². The van der Waals surface area contributed by atoms with Gasteiger partial charge in [0.2, 0.25) is 0 Å². The first-order valence-electron chi connectivity index (χ1n) is 8.91. The molecule has 0 unspecified atom stereocenters. The molecule has 0 fully saturated rings. The van der Waals surface area contributed by atoms with E-state index in [0.29, 0.717) is 26.9 Å². The molecule has 1 amide bonds. The normalized spacial score (nSPS) is 11.0. The maximum atomic E-state index is 12.4. The van der Waals surface area contributed by atoms with Gasteiger partial charge in [0.25, 0.3) is 5.91 Å². The molecule has 4 nitrogen and oxygen atoms in total. The van der Waals surface area contributed by atoms with Gasteiger partial charge >= 0.3 is 0 Å². The Morgan fingerprint density at radius 3 is 2.26 bits per heavy atom. The van der Waals surface area contributed by atoms with E-state index in [2.05, 4.69) is 5.32 Å². The van der Waals surface area contributed by atoms with Crippen LogP contribution in [0.15, 0.2) is 66.2 Å². The van der Waals surface area contributed by atoms with Crippen LogP contribution >= 0.6 is 46.4 Å². The molecule has 0 aliphatic carbocycles. The van der Waals surface area contributed by atoms with Crippen LogP contribution in [0.2, 0.25) is 20.1 Å². The Morgan fingerprint density at radius 1 is 0.968 bits per heavy atom. The lowest BCUT2D eigenvalue weighted by molar-refractivity contribution is -0.112. The van der Waals surface area contributed by atoms with Crippen LogP contribution in [0.5, 0.6) is 5.75 Å². The molecule has 0 atom stereocenters. The largest absolute Gasteiger partial charge is 0.486 e. The van der Waals surface area contributed by atoms with Gasteiger partial charge in [0.15, 0.2) is 5.75 Å². The van der Waals surface area contributed by atoms with Crippen molar-refractivity contribution in [3.05, 3.63) is 97.5 Å². The van der Waals surface area contributed by atoms with Crippen LogP contribution in [0, 0.1) is 11.3 Å². The molecule has 3 rings (SSSR count). The van der Waals surface area contributed by atoms with Gasteiger partial charge in [0, 0.05) is 21.3 Å². The fourth-order valence-electron chi connectivity index (χ4n) is 2.62. The minimum absolute atomic E-state index is 0.0994. The zero-order valence-electron chi connectivity index (χ0n) is 15.8. The lowest BCUT2D eigenvalue weighted by Crippen LogP contribution is -2.13. The zero-order valence-corrected chi connectivity index (χ0v) is 18.9. The molecule has 156 valence electrons. The second kappa shape index (κ2) is 10.6. The highest BCUT2D eigenvalue weighted by atomic mass is 35.5. The highest BCUT2D eigenvalue weighted by molar-refractivity contribution is 6.37. The van der Waals surface area contributed by atoms with Crippen LogP contribution in [-0.4, -0.2) is 5.91 Å². The van der Waals surface area contributed by atoms with Crippen molar-refractivity contribution in [1.82, 2.24) is 0 Å².